The van der Waals surface area contributed by atoms with Crippen LogP contribution in [0.5, 0.6) is 0 Å². The predicted octanol–water partition coefficient (Wildman–Crippen LogP) is 10.1. The summed E-state index contributed by atoms with van der Waals surface area (Å²) in [7, 11) is 0. The van der Waals surface area contributed by atoms with Crippen LogP contribution in [0.1, 0.15) is 22.9 Å². The number of furan rings is 1. The Morgan fingerprint density at radius 1 is 0.511 bits per heavy atom. The van der Waals surface area contributed by atoms with Crippen LogP contribution in [0.25, 0.3) is 54.6 Å². The van der Waals surface area contributed by atoms with Crippen LogP contribution in [0.15, 0.2) is 166 Å². The Bertz CT molecular complexity index is 2460. The lowest BCUT2D eigenvalue weighted by Crippen LogP contribution is -2.33. The molecule has 0 bridgehead atoms. The van der Waals surface area contributed by atoms with Crippen molar-refractivity contribution in [2.45, 2.75) is 6.17 Å². The molecule has 0 saturated carbocycles. The van der Waals surface area contributed by atoms with Crippen molar-refractivity contribution >= 4 is 55.2 Å². The Kier molecular flexibility index (Phi) is 5.85. The molecule has 7 aromatic carbocycles. The molecular weight excluding hydrogens is 550 g/mol. The van der Waals surface area contributed by atoms with Gasteiger partial charge in [-0.3, -0.25) is 0 Å². The molecule has 1 atom stereocenters. The van der Waals surface area contributed by atoms with Gasteiger partial charge in [-0.25, -0.2) is 9.98 Å². The van der Waals surface area contributed by atoms with Crippen molar-refractivity contribution in [1.29, 1.82) is 0 Å². The van der Waals surface area contributed by atoms with Crippen LogP contribution in [0.4, 0.5) is 0 Å². The smallest absolute Gasteiger partial charge is 0.159 e. The van der Waals surface area contributed by atoms with Gasteiger partial charge in [0, 0.05) is 21.9 Å². The van der Waals surface area contributed by atoms with Gasteiger partial charge in [0.15, 0.2) is 5.84 Å². The minimum absolute atomic E-state index is 0.282. The molecule has 0 aliphatic carbocycles. The summed E-state index contributed by atoms with van der Waals surface area (Å²) >= 11 is 0. The fourth-order valence-corrected chi connectivity index (χ4v) is 6.58. The molecule has 1 unspecified atom stereocenters. The molecule has 0 saturated heterocycles. The lowest BCUT2D eigenvalue weighted by molar-refractivity contribution is 0.668. The molecule has 212 valence electrons. The average Bonchev–Trinajstić information content (AvgIpc) is 3.51. The summed E-state index contributed by atoms with van der Waals surface area (Å²) in [6.45, 7) is 0. The van der Waals surface area contributed by atoms with Crippen LogP contribution in [-0.2, 0) is 0 Å². The highest BCUT2D eigenvalue weighted by molar-refractivity contribution is 6.24. The summed E-state index contributed by atoms with van der Waals surface area (Å²) in [6.07, 6.45) is -0.282. The molecule has 8 aromatic rings. The van der Waals surface area contributed by atoms with Gasteiger partial charge in [0.05, 0.1) is 0 Å². The van der Waals surface area contributed by atoms with Crippen LogP contribution < -0.4 is 5.32 Å². The van der Waals surface area contributed by atoms with E-state index in [1.54, 1.807) is 0 Å². The molecule has 0 spiro atoms. The molecular formula is C41H27N3O. The highest BCUT2D eigenvalue weighted by atomic mass is 16.3. The number of nitrogens with one attached hydrogen (secondary N) is 1. The molecule has 45 heavy (non-hydrogen) atoms. The second kappa shape index (κ2) is 10.3. The van der Waals surface area contributed by atoms with Gasteiger partial charge >= 0.3 is 0 Å². The van der Waals surface area contributed by atoms with E-state index >= 15 is 0 Å². The third kappa shape index (κ3) is 4.30. The molecule has 4 heteroatoms. The molecule has 9 rings (SSSR count). The summed E-state index contributed by atoms with van der Waals surface area (Å²) in [5.41, 5.74) is 6.98. The molecule has 0 amide bonds. The van der Waals surface area contributed by atoms with Crippen LogP contribution in [0, 0.1) is 0 Å². The number of amidine groups is 2. The van der Waals surface area contributed by atoms with E-state index in [-0.39, 0.29) is 6.17 Å². The van der Waals surface area contributed by atoms with Crippen molar-refractivity contribution in [3.63, 3.8) is 0 Å². The van der Waals surface area contributed by atoms with Gasteiger partial charge in [-0.05, 0) is 56.4 Å². The van der Waals surface area contributed by atoms with E-state index < -0.39 is 0 Å². The zero-order valence-corrected chi connectivity index (χ0v) is 24.3. The first-order chi connectivity index (χ1) is 22.3. The van der Waals surface area contributed by atoms with Crippen molar-refractivity contribution in [2.75, 3.05) is 0 Å². The van der Waals surface area contributed by atoms with Crippen LogP contribution in [0.3, 0.4) is 0 Å². The third-order valence-corrected chi connectivity index (χ3v) is 8.73. The van der Waals surface area contributed by atoms with Gasteiger partial charge in [-0.1, -0.05) is 133 Å². The van der Waals surface area contributed by atoms with Crippen molar-refractivity contribution < 1.29 is 4.42 Å². The fraction of sp³-hybridized carbons (Fsp3) is 0.0244. The maximum absolute atomic E-state index is 6.51. The summed E-state index contributed by atoms with van der Waals surface area (Å²) in [6, 6.07) is 52.8. The van der Waals surface area contributed by atoms with Gasteiger partial charge < -0.3 is 9.73 Å². The highest BCUT2D eigenvalue weighted by Gasteiger charge is 2.24. The Hall–Kier alpha value is -6.00. The number of hydrogen-bond acceptors (Lipinski definition) is 4. The number of fused-ring (bicyclic) bond motifs is 6. The minimum atomic E-state index is -0.282. The lowest BCUT2D eigenvalue weighted by atomic mass is 9.93. The quantitative estimate of drug-likeness (QED) is 0.212. The van der Waals surface area contributed by atoms with Gasteiger partial charge in [-0.2, -0.15) is 0 Å². The van der Waals surface area contributed by atoms with Crippen molar-refractivity contribution in [2.24, 2.45) is 9.98 Å². The lowest BCUT2D eigenvalue weighted by Gasteiger charge is -2.24. The Balaban J connectivity index is 1.27. The van der Waals surface area contributed by atoms with E-state index in [2.05, 4.69) is 108 Å². The molecule has 1 aromatic heterocycles. The number of nitrogens with zero attached hydrogens (tertiary/aromatic N) is 2. The zero-order valence-electron chi connectivity index (χ0n) is 24.3. The van der Waals surface area contributed by atoms with Crippen molar-refractivity contribution in [1.82, 2.24) is 5.32 Å². The SMILES string of the molecule is c1ccc(C2=NC(c3ccccc3)NC(c3cccc4oc5cccc(-c6ccc7ccc8ccccc8c7c6)c5c34)=N2)cc1. The number of benzene rings is 7. The van der Waals surface area contributed by atoms with E-state index in [1.165, 1.54) is 21.5 Å². The van der Waals surface area contributed by atoms with Crippen molar-refractivity contribution in [3.05, 3.63) is 168 Å². The standard InChI is InChI=1S/C41H27N3O/c1-3-12-28(13-4-1)39-42-40(29-14-5-2-6-15-29)44-41(43-39)33-18-10-20-36-38(33)37-32(17-9-19-35(37)45-36)30-24-23-27-22-21-26-11-7-8-16-31(26)34(27)25-30/h1-25,39H,(H,42,43,44). The Morgan fingerprint density at radius 2 is 1.16 bits per heavy atom. The summed E-state index contributed by atoms with van der Waals surface area (Å²) in [4.78, 5) is 10.2. The van der Waals surface area contributed by atoms with Crippen molar-refractivity contribution in [3.8, 4) is 11.1 Å². The Labute approximate surface area is 260 Å². The molecule has 1 N–H and O–H groups in total. The maximum atomic E-state index is 6.51. The molecule has 1 aliphatic heterocycles. The molecule has 4 nitrogen and oxygen atoms in total. The van der Waals surface area contributed by atoms with E-state index in [0.717, 1.165) is 55.6 Å². The second-order valence-electron chi connectivity index (χ2n) is 11.4. The van der Waals surface area contributed by atoms with E-state index in [4.69, 9.17) is 14.4 Å². The topological polar surface area (TPSA) is 49.9 Å². The van der Waals surface area contributed by atoms with Crippen LogP contribution >= 0.6 is 0 Å². The summed E-state index contributed by atoms with van der Waals surface area (Å²) in [5, 5.41) is 10.7. The Morgan fingerprint density at radius 3 is 1.96 bits per heavy atom. The van der Waals surface area contributed by atoms with E-state index in [9.17, 15) is 0 Å². The van der Waals surface area contributed by atoms with Gasteiger partial charge in [0.2, 0.25) is 0 Å². The first-order valence-corrected chi connectivity index (χ1v) is 15.2. The highest BCUT2D eigenvalue weighted by Crippen LogP contribution is 2.40. The maximum Gasteiger partial charge on any atom is 0.159 e. The van der Waals surface area contributed by atoms with Gasteiger partial charge in [0.1, 0.15) is 23.2 Å². The number of hydrogen-bond donors (Lipinski definition) is 1. The number of rotatable bonds is 4. The summed E-state index contributed by atoms with van der Waals surface area (Å²) < 4.78 is 6.51. The molecule has 0 fully saturated rings. The molecule has 2 heterocycles. The first-order valence-electron chi connectivity index (χ1n) is 15.2. The van der Waals surface area contributed by atoms with Crippen LogP contribution in [-0.4, -0.2) is 11.7 Å². The predicted molar refractivity (Wildman–Crippen MR) is 186 cm³/mol. The van der Waals surface area contributed by atoms with E-state index in [0.29, 0.717) is 5.84 Å². The first kappa shape index (κ1) is 25.5. The van der Waals surface area contributed by atoms with Crippen LogP contribution in [0.2, 0.25) is 0 Å². The average molecular weight is 578 g/mol. The minimum Gasteiger partial charge on any atom is -0.456 e. The molecule has 0 radical (unpaired) electrons. The third-order valence-electron chi connectivity index (χ3n) is 8.73. The van der Waals surface area contributed by atoms with Gasteiger partial charge in [-0.15, -0.1) is 0 Å². The largest absolute Gasteiger partial charge is 0.456 e. The zero-order chi connectivity index (χ0) is 29.7. The van der Waals surface area contributed by atoms with Gasteiger partial charge in [0.25, 0.3) is 0 Å². The second-order valence-corrected chi connectivity index (χ2v) is 11.4. The normalized spacial score (nSPS) is 14.9. The number of aliphatic imine (C=N–C) groups is 2. The fourth-order valence-electron chi connectivity index (χ4n) is 6.58. The van der Waals surface area contributed by atoms with E-state index in [1.807, 2.05) is 48.5 Å². The molecule has 1 aliphatic rings. The summed E-state index contributed by atoms with van der Waals surface area (Å²) in [5.74, 6) is 1.47. The monoisotopic (exact) mass is 577 g/mol.